The number of rotatable bonds is 9. The Kier molecular flexibility index (Phi) is 7.26. The summed E-state index contributed by atoms with van der Waals surface area (Å²) in [6, 6.07) is 11.6. The van der Waals surface area contributed by atoms with Crippen LogP contribution >= 0.6 is 11.3 Å². The lowest BCUT2D eigenvalue weighted by molar-refractivity contribution is 0.563. The Morgan fingerprint density at radius 2 is 2.03 bits per heavy atom. The normalized spacial score (nSPS) is 13.0. The first kappa shape index (κ1) is 21.3. The third-order valence-corrected chi connectivity index (χ3v) is 6.13. The van der Waals surface area contributed by atoms with Crippen LogP contribution in [0.3, 0.4) is 0 Å². The molecule has 0 saturated carbocycles. The van der Waals surface area contributed by atoms with Crippen LogP contribution in [0.1, 0.15) is 10.4 Å². The smallest absolute Gasteiger partial charge is 0.327 e. The molecule has 0 fully saturated rings. The quantitative estimate of drug-likeness (QED) is 0.502. The number of benzene rings is 1. The molecular weight excluding hydrogens is 415 g/mol. The van der Waals surface area contributed by atoms with E-state index in [4.69, 9.17) is 10.3 Å². The molecule has 1 unspecified atom stereocenters. The molecule has 0 amide bonds. The van der Waals surface area contributed by atoms with Gasteiger partial charge in [-0.1, -0.05) is 24.3 Å². The third kappa shape index (κ3) is 5.57. The molecule has 0 aliphatic heterocycles. The molecule has 7 nitrogen and oxygen atoms in total. The molecule has 154 valence electrons. The third-order valence-electron chi connectivity index (χ3n) is 4.36. The highest BCUT2D eigenvalue weighted by Crippen LogP contribution is 2.29. The van der Waals surface area contributed by atoms with Gasteiger partial charge in [-0.2, -0.15) is 5.10 Å². The Labute approximate surface area is 173 Å². The number of halogens is 1. The van der Waals surface area contributed by atoms with Crippen molar-refractivity contribution in [2.75, 3.05) is 6.54 Å². The molecule has 2 heterocycles. The molecule has 0 radical (unpaired) electrons. The molecule has 0 bridgehead atoms. The fourth-order valence-electron chi connectivity index (χ4n) is 2.78. The number of hydrogen-bond donors (Lipinski definition) is 2. The van der Waals surface area contributed by atoms with Crippen molar-refractivity contribution in [3.8, 4) is 10.4 Å². The zero-order valence-electron chi connectivity index (χ0n) is 15.5. The average Bonchev–Trinajstić information content (AvgIpc) is 3.32. The molecule has 0 aliphatic carbocycles. The first-order valence-electron chi connectivity index (χ1n) is 8.86. The maximum Gasteiger partial charge on any atom is 0.346 e. The molecule has 2 aromatic heterocycles. The Hall–Kier alpha value is -2.40. The number of hydrogen-bond acceptors (Lipinski definition) is 5. The standard InChI is InChI=1S/C19H21FN4O3S2/c20-9-15(10-21)11-24-19(25)23(13-22-24)8-7-17-5-6-18(28-17)16-3-1-14(2-4-16)12-29(26)27/h1-6,9,13H,7-8,10-12,21H2,(H,26,27)/b15-9+. The van der Waals surface area contributed by atoms with Crippen LogP contribution in [0.25, 0.3) is 10.4 Å². The summed E-state index contributed by atoms with van der Waals surface area (Å²) in [5.41, 5.74) is 7.27. The van der Waals surface area contributed by atoms with Crippen LogP contribution in [0.5, 0.6) is 0 Å². The van der Waals surface area contributed by atoms with Gasteiger partial charge < -0.3 is 10.3 Å². The first-order chi connectivity index (χ1) is 14.0. The zero-order chi connectivity index (χ0) is 20.8. The lowest BCUT2D eigenvalue weighted by atomic mass is 10.1. The van der Waals surface area contributed by atoms with Crippen LogP contribution in [0, 0.1) is 0 Å². The highest BCUT2D eigenvalue weighted by molar-refractivity contribution is 7.78. The van der Waals surface area contributed by atoms with Crippen LogP contribution in [0.15, 0.2) is 59.4 Å². The molecule has 3 rings (SSSR count). The van der Waals surface area contributed by atoms with Gasteiger partial charge in [0.15, 0.2) is 11.1 Å². The predicted octanol–water partition coefficient (Wildman–Crippen LogP) is 2.55. The number of nitrogens with two attached hydrogens (primary N) is 1. The second-order valence-electron chi connectivity index (χ2n) is 6.41. The van der Waals surface area contributed by atoms with Crippen LogP contribution in [0.2, 0.25) is 0 Å². The minimum Gasteiger partial charge on any atom is -0.327 e. The highest BCUT2D eigenvalue weighted by atomic mass is 32.2. The van der Waals surface area contributed by atoms with E-state index in [9.17, 15) is 13.4 Å². The molecule has 1 atom stereocenters. The van der Waals surface area contributed by atoms with Crippen molar-refractivity contribution in [3.63, 3.8) is 0 Å². The summed E-state index contributed by atoms with van der Waals surface area (Å²) in [4.78, 5) is 14.5. The van der Waals surface area contributed by atoms with E-state index in [0.717, 1.165) is 20.9 Å². The van der Waals surface area contributed by atoms with E-state index in [-0.39, 0.29) is 24.5 Å². The van der Waals surface area contributed by atoms with Gasteiger partial charge in [0.25, 0.3) is 0 Å². The highest BCUT2D eigenvalue weighted by Gasteiger charge is 2.09. The molecule has 3 N–H and O–H groups in total. The van der Waals surface area contributed by atoms with E-state index in [1.54, 1.807) is 11.3 Å². The van der Waals surface area contributed by atoms with E-state index in [1.807, 2.05) is 36.4 Å². The van der Waals surface area contributed by atoms with Gasteiger partial charge in [0.2, 0.25) is 0 Å². The van der Waals surface area contributed by atoms with Crippen molar-refractivity contribution in [1.82, 2.24) is 14.3 Å². The van der Waals surface area contributed by atoms with Gasteiger partial charge in [-0.3, -0.25) is 4.57 Å². The summed E-state index contributed by atoms with van der Waals surface area (Å²) in [7, 11) is 0. The molecule has 10 heteroatoms. The summed E-state index contributed by atoms with van der Waals surface area (Å²) < 4.78 is 35.2. The van der Waals surface area contributed by atoms with Gasteiger partial charge >= 0.3 is 5.69 Å². The van der Waals surface area contributed by atoms with E-state index in [1.165, 1.54) is 15.6 Å². The maximum atomic E-state index is 12.7. The minimum atomic E-state index is -1.85. The number of aromatic nitrogens is 3. The molecule has 1 aromatic carbocycles. The molecule has 0 spiro atoms. The van der Waals surface area contributed by atoms with Crippen molar-refractivity contribution >= 4 is 22.4 Å². The average molecular weight is 437 g/mol. The lowest BCUT2D eigenvalue weighted by Gasteiger charge is -2.02. The zero-order valence-corrected chi connectivity index (χ0v) is 17.2. The second-order valence-corrected chi connectivity index (χ2v) is 8.51. The SMILES string of the molecule is NC/C(=C\F)Cn1ncn(CCc2ccc(-c3ccc(CS(=O)O)cc3)s2)c1=O. The Bertz CT molecular complexity index is 1070. The fourth-order valence-corrected chi connectivity index (χ4v) is 4.25. The van der Waals surface area contributed by atoms with E-state index >= 15 is 0 Å². The largest absolute Gasteiger partial charge is 0.346 e. The number of aryl methyl sites for hydroxylation is 2. The summed E-state index contributed by atoms with van der Waals surface area (Å²) in [6.07, 6.45) is 2.53. The second kappa shape index (κ2) is 9.88. The van der Waals surface area contributed by atoms with Crippen LogP contribution in [0.4, 0.5) is 4.39 Å². The topological polar surface area (TPSA) is 103 Å². The van der Waals surface area contributed by atoms with Gasteiger partial charge in [0.05, 0.1) is 18.6 Å². The first-order valence-corrected chi connectivity index (χ1v) is 11.0. The monoisotopic (exact) mass is 436 g/mol. The molecule has 0 saturated heterocycles. The van der Waals surface area contributed by atoms with E-state index in [0.29, 0.717) is 24.9 Å². The molecular formula is C19H21FN4O3S2. The van der Waals surface area contributed by atoms with Crippen molar-refractivity contribution in [1.29, 1.82) is 0 Å². The number of thiophene rings is 1. The molecule has 29 heavy (non-hydrogen) atoms. The van der Waals surface area contributed by atoms with Gasteiger partial charge in [0.1, 0.15) is 6.33 Å². The van der Waals surface area contributed by atoms with Crippen LogP contribution in [-0.2, 0) is 36.3 Å². The number of nitrogens with zero attached hydrogens (tertiary/aromatic N) is 3. The maximum absolute atomic E-state index is 12.7. The molecule has 0 aliphatic rings. The van der Waals surface area contributed by atoms with Crippen molar-refractivity contribution < 1.29 is 13.2 Å². The van der Waals surface area contributed by atoms with Crippen molar-refractivity contribution in [3.05, 3.63) is 75.6 Å². The van der Waals surface area contributed by atoms with Gasteiger partial charge in [-0.25, -0.2) is 18.1 Å². The fraction of sp³-hybridized carbons (Fsp3) is 0.263. The van der Waals surface area contributed by atoms with Gasteiger partial charge in [0, 0.05) is 22.8 Å². The van der Waals surface area contributed by atoms with Gasteiger partial charge in [-0.15, -0.1) is 11.3 Å². The van der Waals surface area contributed by atoms with E-state index < -0.39 is 11.1 Å². The van der Waals surface area contributed by atoms with Crippen LogP contribution < -0.4 is 11.4 Å². The van der Waals surface area contributed by atoms with E-state index in [2.05, 4.69) is 5.10 Å². The Balaban J connectivity index is 1.63. The summed E-state index contributed by atoms with van der Waals surface area (Å²) >= 11 is -0.221. The molecule has 3 aromatic rings. The lowest BCUT2D eigenvalue weighted by Crippen LogP contribution is -2.27. The summed E-state index contributed by atoms with van der Waals surface area (Å²) in [6.45, 7) is 0.547. The summed E-state index contributed by atoms with van der Waals surface area (Å²) in [5, 5.41) is 4.01. The van der Waals surface area contributed by atoms with Crippen molar-refractivity contribution in [2.45, 2.75) is 25.3 Å². The van der Waals surface area contributed by atoms with Gasteiger partial charge in [-0.05, 0) is 35.3 Å². The van der Waals surface area contributed by atoms with Crippen LogP contribution in [-0.4, -0.2) is 29.7 Å². The Morgan fingerprint density at radius 3 is 2.69 bits per heavy atom. The minimum absolute atomic E-state index is 0.0343. The van der Waals surface area contributed by atoms with Crippen molar-refractivity contribution in [2.24, 2.45) is 5.73 Å². The summed E-state index contributed by atoms with van der Waals surface area (Å²) in [5.74, 6) is 0.117. The predicted molar refractivity (Wildman–Crippen MR) is 113 cm³/mol. The Morgan fingerprint density at radius 1 is 1.28 bits per heavy atom.